The number of piperidine rings is 1. The first-order chi connectivity index (χ1) is 16.9. The molecule has 1 amide bonds. The largest absolute Gasteiger partial charge is 0.479 e. The van der Waals surface area contributed by atoms with Gasteiger partial charge in [0.2, 0.25) is 0 Å². The second kappa shape index (κ2) is 9.87. The Morgan fingerprint density at radius 3 is 2.58 bits per heavy atom. The number of aliphatic hydroxyl groups is 2. The lowest BCUT2D eigenvalue weighted by Crippen LogP contribution is -2.48. The van der Waals surface area contributed by atoms with Crippen molar-refractivity contribution >= 4 is 46.1 Å². The number of rotatable bonds is 11. The Balaban J connectivity index is 1.25. The number of β-amino-alcohol motifs (C(OH)–C–C–N with tert-alkyl or cyclic N) is 1. The molecule has 1 aliphatic heterocycles. The summed E-state index contributed by atoms with van der Waals surface area (Å²) in [4.78, 5) is 36.8. The summed E-state index contributed by atoms with van der Waals surface area (Å²) in [5.41, 5.74) is 5.52. The minimum atomic E-state index is -2.25. The number of halogens is 1. The van der Waals surface area contributed by atoms with Crippen molar-refractivity contribution in [3.05, 3.63) is 29.0 Å². The van der Waals surface area contributed by atoms with Crippen LogP contribution in [0.5, 0.6) is 0 Å². The van der Waals surface area contributed by atoms with Crippen molar-refractivity contribution in [1.29, 1.82) is 0 Å². The maximum Gasteiger partial charge on any atom is 0.336 e. The molecule has 2 heterocycles. The first-order valence-electron chi connectivity index (χ1n) is 11.3. The minimum Gasteiger partial charge on any atom is -0.479 e. The number of hydrogen-bond donors (Lipinski definition) is 6. The third-order valence-corrected chi connectivity index (χ3v) is 7.15. The lowest BCUT2D eigenvalue weighted by atomic mass is 10.1. The van der Waals surface area contributed by atoms with E-state index in [-0.39, 0.29) is 23.4 Å². The molecule has 2 fully saturated rings. The van der Waals surface area contributed by atoms with Crippen molar-refractivity contribution in [3.8, 4) is 0 Å². The van der Waals surface area contributed by atoms with Crippen LogP contribution in [0, 0.1) is 17.8 Å². The van der Waals surface area contributed by atoms with Gasteiger partial charge >= 0.3 is 11.9 Å². The molecular formula is C23H28ClN3O9. The van der Waals surface area contributed by atoms with E-state index in [1.807, 2.05) is 4.90 Å². The maximum atomic E-state index is 12.8. The van der Waals surface area contributed by atoms with E-state index < -0.39 is 36.4 Å². The third-order valence-electron chi connectivity index (χ3n) is 6.84. The molecule has 2 aliphatic rings. The number of nitrogens with two attached hydrogens (primary N) is 1. The first-order valence-corrected chi connectivity index (χ1v) is 11.7. The number of aliphatic hydroxyl groups excluding tert-OH is 1. The second-order valence-electron chi connectivity index (χ2n) is 9.73. The molecule has 196 valence electrons. The van der Waals surface area contributed by atoms with Gasteiger partial charge in [-0.3, -0.25) is 9.69 Å². The Bertz CT molecular complexity index is 1170. The van der Waals surface area contributed by atoms with E-state index in [2.05, 4.69) is 5.32 Å². The highest BCUT2D eigenvalue weighted by Crippen LogP contribution is 2.51. The van der Waals surface area contributed by atoms with Crippen LogP contribution < -0.4 is 11.1 Å². The third kappa shape index (κ3) is 5.27. The molecule has 0 bridgehead atoms. The molecule has 12 nitrogen and oxygen atoms in total. The summed E-state index contributed by atoms with van der Waals surface area (Å²) in [7, 11) is 0. The van der Waals surface area contributed by atoms with Crippen LogP contribution in [0.2, 0.25) is 5.02 Å². The number of anilines is 1. The van der Waals surface area contributed by atoms with Gasteiger partial charge in [0.05, 0.1) is 34.7 Å². The standard InChI is InChI=1S/C23H28ClN3O9/c1-23(34,9-36-19(22(32)33)17(28)21(30)31)8-27-6-13-12(14(13)7-27)5-26-20(29)11-4-15(24)16(25)10-2-3-35-18(10)11/h2-4,12-14,17,19,28,34H,5-9,25H2,1H3,(H,26,29)(H,30,31)(H,32,33). The van der Waals surface area contributed by atoms with Crippen LogP contribution in [0.15, 0.2) is 22.8 Å². The van der Waals surface area contributed by atoms with Crippen molar-refractivity contribution in [2.24, 2.45) is 17.8 Å². The van der Waals surface area contributed by atoms with Gasteiger partial charge in [0.1, 0.15) is 5.58 Å². The van der Waals surface area contributed by atoms with Gasteiger partial charge in [-0.15, -0.1) is 0 Å². The highest BCUT2D eigenvalue weighted by Gasteiger charge is 2.55. The zero-order valence-electron chi connectivity index (χ0n) is 19.4. The fraction of sp³-hybridized carbons (Fsp3) is 0.522. The number of nitrogen functional groups attached to an aromatic ring is 1. The van der Waals surface area contributed by atoms with Crippen LogP contribution in [0.1, 0.15) is 17.3 Å². The summed E-state index contributed by atoms with van der Waals surface area (Å²) in [5.74, 6) is -2.72. The van der Waals surface area contributed by atoms with Gasteiger partial charge in [0, 0.05) is 31.6 Å². The average molecular weight is 526 g/mol. The Kier molecular flexibility index (Phi) is 7.17. The van der Waals surface area contributed by atoms with Crippen LogP contribution in [0.25, 0.3) is 11.0 Å². The van der Waals surface area contributed by atoms with E-state index in [1.165, 1.54) is 19.3 Å². The smallest absolute Gasteiger partial charge is 0.336 e. The van der Waals surface area contributed by atoms with Crippen LogP contribution in [-0.2, 0) is 14.3 Å². The number of carbonyl (C=O) groups is 3. The molecule has 1 saturated carbocycles. The van der Waals surface area contributed by atoms with Gasteiger partial charge in [0.15, 0.2) is 12.2 Å². The lowest BCUT2D eigenvalue weighted by Gasteiger charge is -2.31. The van der Waals surface area contributed by atoms with Gasteiger partial charge in [-0.2, -0.15) is 0 Å². The zero-order valence-corrected chi connectivity index (χ0v) is 20.1. The number of likely N-dealkylation sites (tertiary alicyclic amines) is 1. The summed E-state index contributed by atoms with van der Waals surface area (Å²) in [6, 6.07) is 3.14. The summed E-state index contributed by atoms with van der Waals surface area (Å²) in [6.45, 7) is 2.99. The number of carboxylic acids is 2. The van der Waals surface area contributed by atoms with Crippen molar-refractivity contribution < 1.29 is 44.0 Å². The number of benzene rings is 1. The van der Waals surface area contributed by atoms with Gasteiger partial charge in [-0.25, -0.2) is 9.59 Å². The molecule has 4 rings (SSSR count). The molecule has 1 saturated heterocycles. The second-order valence-corrected chi connectivity index (χ2v) is 10.1. The number of carboxylic acid groups (broad SMARTS) is 2. The van der Waals surface area contributed by atoms with Crippen LogP contribution in [-0.4, -0.2) is 93.8 Å². The summed E-state index contributed by atoms with van der Waals surface area (Å²) < 4.78 is 10.4. The summed E-state index contributed by atoms with van der Waals surface area (Å²) >= 11 is 6.15. The van der Waals surface area contributed by atoms with Crippen molar-refractivity contribution in [1.82, 2.24) is 10.2 Å². The molecule has 5 atom stereocenters. The van der Waals surface area contributed by atoms with E-state index >= 15 is 0 Å². The number of amides is 1. The summed E-state index contributed by atoms with van der Waals surface area (Å²) in [5, 5.41) is 41.8. The van der Waals surface area contributed by atoms with Crippen molar-refractivity contribution in [3.63, 3.8) is 0 Å². The van der Waals surface area contributed by atoms with Gasteiger partial charge < -0.3 is 40.6 Å². The van der Waals surface area contributed by atoms with Gasteiger partial charge in [-0.1, -0.05) is 11.6 Å². The van der Waals surface area contributed by atoms with E-state index in [0.717, 1.165) is 0 Å². The fourth-order valence-electron chi connectivity index (χ4n) is 5.00. The van der Waals surface area contributed by atoms with E-state index in [1.54, 1.807) is 6.07 Å². The van der Waals surface area contributed by atoms with Gasteiger partial charge in [-0.05, 0) is 36.8 Å². The topological polar surface area (TPSA) is 196 Å². The van der Waals surface area contributed by atoms with Gasteiger partial charge in [0.25, 0.3) is 5.91 Å². The SMILES string of the molecule is CC(O)(COC(C(=O)O)C(O)C(=O)O)CN1CC2C(CNC(=O)c3cc(Cl)c(N)c4ccoc34)C2C1. The summed E-state index contributed by atoms with van der Waals surface area (Å²) in [6.07, 6.45) is -2.79. The first kappa shape index (κ1) is 26.2. The van der Waals surface area contributed by atoms with Crippen LogP contribution in [0.4, 0.5) is 5.69 Å². The molecule has 7 N–H and O–H groups in total. The predicted octanol–water partition coefficient (Wildman–Crippen LogP) is 0.242. The van der Waals surface area contributed by atoms with Crippen LogP contribution in [0.3, 0.4) is 0 Å². The number of ether oxygens (including phenoxy) is 1. The van der Waals surface area contributed by atoms with Crippen LogP contribution >= 0.6 is 11.6 Å². The molecule has 1 aromatic heterocycles. The number of nitrogens with zero attached hydrogens (tertiary/aromatic N) is 1. The zero-order chi connectivity index (χ0) is 26.4. The lowest BCUT2D eigenvalue weighted by molar-refractivity contribution is -0.177. The van der Waals surface area contributed by atoms with Crippen molar-refractivity contribution in [2.45, 2.75) is 24.7 Å². The van der Waals surface area contributed by atoms with E-state index in [0.29, 0.717) is 53.7 Å². The number of hydrogen-bond acceptors (Lipinski definition) is 9. The normalized spacial score (nSPS) is 24.6. The molecular weight excluding hydrogens is 498 g/mol. The number of fused-ring (bicyclic) bond motifs is 2. The quantitative estimate of drug-likeness (QED) is 0.220. The Labute approximate surface area is 210 Å². The molecule has 5 unspecified atom stereocenters. The molecule has 1 aliphatic carbocycles. The maximum absolute atomic E-state index is 12.8. The highest BCUT2D eigenvalue weighted by atomic mass is 35.5. The monoisotopic (exact) mass is 525 g/mol. The highest BCUT2D eigenvalue weighted by molar-refractivity contribution is 6.35. The Hall–Kier alpha value is -2.90. The molecule has 0 radical (unpaired) electrons. The molecule has 2 aromatic rings. The van der Waals surface area contributed by atoms with Crippen molar-refractivity contribution in [2.75, 3.05) is 38.5 Å². The number of nitrogens with one attached hydrogen (secondary N) is 1. The fourth-order valence-corrected chi connectivity index (χ4v) is 5.21. The number of aliphatic carboxylic acids is 2. The Morgan fingerprint density at radius 2 is 1.97 bits per heavy atom. The molecule has 1 aromatic carbocycles. The average Bonchev–Trinajstić information content (AvgIpc) is 3.14. The Morgan fingerprint density at radius 1 is 1.31 bits per heavy atom. The van der Waals surface area contributed by atoms with E-state index in [9.17, 15) is 24.6 Å². The van der Waals surface area contributed by atoms with E-state index in [4.69, 9.17) is 36.7 Å². The minimum absolute atomic E-state index is 0.176. The predicted molar refractivity (Wildman–Crippen MR) is 127 cm³/mol. The molecule has 0 spiro atoms. The number of furan rings is 1. The molecule has 13 heteroatoms. The molecule has 36 heavy (non-hydrogen) atoms. The number of carbonyl (C=O) groups excluding carboxylic acids is 1.